The molecule has 3 rings (SSSR count). The van der Waals surface area contributed by atoms with E-state index in [-0.39, 0.29) is 30.5 Å². The molecule has 0 aromatic carbocycles. The molecule has 1 N–H and O–H groups in total. The Morgan fingerprint density at radius 1 is 1.26 bits per heavy atom. The topological polar surface area (TPSA) is 78.8 Å². The van der Waals surface area contributed by atoms with E-state index in [0.717, 1.165) is 25.2 Å². The number of alkyl halides is 3. The van der Waals surface area contributed by atoms with Crippen LogP contribution in [0.5, 0.6) is 0 Å². The third-order valence-electron chi connectivity index (χ3n) is 4.96. The highest BCUT2D eigenvalue weighted by molar-refractivity contribution is 5.77. The van der Waals surface area contributed by atoms with E-state index in [4.69, 9.17) is 4.74 Å². The monoisotopic (exact) mass is 388 g/mol. The maximum Gasteiger partial charge on any atom is 0.419 e. The number of hydrogen-bond donors (Lipinski definition) is 1. The number of amides is 1. The molecule has 0 saturated carbocycles. The van der Waals surface area contributed by atoms with E-state index in [0.29, 0.717) is 26.2 Å². The van der Waals surface area contributed by atoms with Crippen molar-refractivity contribution in [3.05, 3.63) is 18.0 Å². The Morgan fingerprint density at radius 3 is 2.41 bits per heavy atom. The van der Waals surface area contributed by atoms with Crippen molar-refractivity contribution in [3.63, 3.8) is 0 Å². The average Bonchev–Trinajstić information content (AvgIpc) is 3.10. The largest absolute Gasteiger partial charge is 0.419 e. The Bertz CT molecular complexity index is 646. The first kappa shape index (κ1) is 19.8. The van der Waals surface area contributed by atoms with E-state index in [1.165, 1.54) is 0 Å². The van der Waals surface area contributed by atoms with Gasteiger partial charge in [-0.3, -0.25) is 4.79 Å². The highest BCUT2D eigenvalue weighted by Crippen LogP contribution is 2.28. The predicted molar refractivity (Wildman–Crippen MR) is 90.0 cm³/mol. The standard InChI is InChI=1S/C17H23F3N4O3/c1-11(25)14-3-2-13(27-14)8-15(26)23-4-6-24(7-5-23)16-21-9-12(10-22-16)17(18,19)20/h9-11,13-14,25H,2-8H2,1H3. The first-order chi connectivity index (χ1) is 12.7. The fourth-order valence-electron chi connectivity index (χ4n) is 3.35. The molecule has 3 unspecified atom stereocenters. The van der Waals surface area contributed by atoms with Crippen LogP contribution in [0.25, 0.3) is 0 Å². The Balaban J connectivity index is 1.48. The molecule has 3 heterocycles. The molecule has 7 nitrogen and oxygen atoms in total. The van der Waals surface area contributed by atoms with Crippen LogP contribution in [0.4, 0.5) is 19.1 Å². The van der Waals surface area contributed by atoms with Gasteiger partial charge in [-0.05, 0) is 19.8 Å². The quantitative estimate of drug-likeness (QED) is 0.842. The summed E-state index contributed by atoms with van der Waals surface area (Å²) in [5.74, 6) is 0.216. The molecule has 10 heteroatoms. The minimum absolute atomic E-state index is 0.0146. The van der Waals surface area contributed by atoms with Crippen LogP contribution in [-0.2, 0) is 15.7 Å². The lowest BCUT2D eigenvalue weighted by atomic mass is 10.1. The SMILES string of the molecule is CC(O)C1CCC(CC(=O)N2CCN(c3ncc(C(F)(F)F)cn3)CC2)O1. The number of aliphatic hydroxyl groups is 1. The van der Waals surface area contributed by atoms with Gasteiger partial charge < -0.3 is 19.6 Å². The molecule has 0 bridgehead atoms. The lowest BCUT2D eigenvalue weighted by Gasteiger charge is -2.35. The van der Waals surface area contributed by atoms with Crippen LogP contribution in [0.15, 0.2) is 12.4 Å². The summed E-state index contributed by atoms with van der Waals surface area (Å²) in [5.41, 5.74) is -0.882. The lowest BCUT2D eigenvalue weighted by molar-refractivity contribution is -0.138. The molecule has 2 fully saturated rings. The minimum atomic E-state index is -4.46. The Hall–Kier alpha value is -1.94. The second-order valence-electron chi connectivity index (χ2n) is 6.96. The lowest BCUT2D eigenvalue weighted by Crippen LogP contribution is -2.49. The number of rotatable bonds is 4. The molecule has 2 aliphatic heterocycles. The molecule has 1 amide bonds. The van der Waals surface area contributed by atoms with Gasteiger partial charge in [0.15, 0.2) is 0 Å². The molecular weight excluding hydrogens is 365 g/mol. The number of aliphatic hydroxyl groups excluding tert-OH is 1. The van der Waals surface area contributed by atoms with Crippen LogP contribution in [0.3, 0.4) is 0 Å². The first-order valence-electron chi connectivity index (χ1n) is 8.99. The number of carbonyl (C=O) groups excluding carboxylic acids is 1. The average molecular weight is 388 g/mol. The zero-order valence-corrected chi connectivity index (χ0v) is 15.0. The summed E-state index contributed by atoms with van der Waals surface area (Å²) in [6.07, 6.45) is -2.07. The number of hydrogen-bond acceptors (Lipinski definition) is 6. The number of ether oxygens (including phenoxy) is 1. The van der Waals surface area contributed by atoms with Crippen molar-refractivity contribution in [2.75, 3.05) is 31.1 Å². The van der Waals surface area contributed by atoms with Crippen molar-refractivity contribution in [1.82, 2.24) is 14.9 Å². The Labute approximate surface area is 155 Å². The van der Waals surface area contributed by atoms with Crippen molar-refractivity contribution in [1.29, 1.82) is 0 Å². The molecule has 1 aromatic rings. The summed E-state index contributed by atoms with van der Waals surface area (Å²) in [7, 11) is 0. The van der Waals surface area contributed by atoms with Crippen molar-refractivity contribution in [2.24, 2.45) is 0 Å². The van der Waals surface area contributed by atoms with Gasteiger partial charge in [0.25, 0.3) is 0 Å². The number of anilines is 1. The van der Waals surface area contributed by atoms with Gasteiger partial charge in [-0.2, -0.15) is 13.2 Å². The van der Waals surface area contributed by atoms with Crippen LogP contribution >= 0.6 is 0 Å². The Kier molecular flexibility index (Phi) is 5.85. The highest BCUT2D eigenvalue weighted by Gasteiger charge is 2.33. The summed E-state index contributed by atoms with van der Waals surface area (Å²) >= 11 is 0. The summed E-state index contributed by atoms with van der Waals surface area (Å²) in [6.45, 7) is 3.50. The third-order valence-corrected chi connectivity index (χ3v) is 4.96. The summed E-state index contributed by atoms with van der Waals surface area (Å²) in [4.78, 5) is 23.5. The fraction of sp³-hybridized carbons (Fsp3) is 0.706. The van der Waals surface area contributed by atoms with Crippen molar-refractivity contribution in [3.8, 4) is 0 Å². The number of halogens is 3. The smallest absolute Gasteiger partial charge is 0.391 e. The normalized spacial score (nSPS) is 24.9. The van der Waals surface area contributed by atoms with Crippen LogP contribution in [-0.4, -0.2) is 70.4 Å². The molecular formula is C17H23F3N4O3. The highest BCUT2D eigenvalue weighted by atomic mass is 19.4. The van der Waals surface area contributed by atoms with Crippen LogP contribution in [0.2, 0.25) is 0 Å². The van der Waals surface area contributed by atoms with Gasteiger partial charge in [-0.25, -0.2) is 9.97 Å². The maximum atomic E-state index is 12.6. The molecule has 0 aliphatic carbocycles. The van der Waals surface area contributed by atoms with Crippen LogP contribution in [0.1, 0.15) is 31.7 Å². The second-order valence-corrected chi connectivity index (χ2v) is 6.96. The second kappa shape index (κ2) is 7.97. The van der Waals surface area contributed by atoms with Gasteiger partial charge in [0.1, 0.15) is 0 Å². The fourth-order valence-corrected chi connectivity index (χ4v) is 3.35. The first-order valence-corrected chi connectivity index (χ1v) is 8.99. The molecule has 0 radical (unpaired) electrons. The van der Waals surface area contributed by atoms with E-state index < -0.39 is 17.8 Å². The van der Waals surface area contributed by atoms with Crippen LogP contribution in [0, 0.1) is 0 Å². The van der Waals surface area contributed by atoms with E-state index >= 15 is 0 Å². The molecule has 3 atom stereocenters. The Morgan fingerprint density at radius 2 is 1.89 bits per heavy atom. The van der Waals surface area contributed by atoms with Crippen molar-refractivity contribution >= 4 is 11.9 Å². The van der Waals surface area contributed by atoms with Gasteiger partial charge >= 0.3 is 6.18 Å². The van der Waals surface area contributed by atoms with E-state index in [1.807, 2.05) is 0 Å². The van der Waals surface area contributed by atoms with Gasteiger partial charge in [0.05, 0.1) is 30.3 Å². The number of carbonyl (C=O) groups is 1. The number of nitrogens with zero attached hydrogens (tertiary/aromatic N) is 4. The number of aromatic nitrogens is 2. The molecule has 27 heavy (non-hydrogen) atoms. The minimum Gasteiger partial charge on any atom is -0.391 e. The van der Waals surface area contributed by atoms with E-state index in [1.54, 1.807) is 16.7 Å². The van der Waals surface area contributed by atoms with Gasteiger partial charge in [-0.1, -0.05) is 0 Å². The van der Waals surface area contributed by atoms with E-state index in [9.17, 15) is 23.1 Å². The maximum absolute atomic E-state index is 12.6. The summed E-state index contributed by atoms with van der Waals surface area (Å²) in [5, 5.41) is 9.55. The zero-order chi connectivity index (χ0) is 19.6. The zero-order valence-electron chi connectivity index (χ0n) is 15.0. The van der Waals surface area contributed by atoms with Crippen LogP contribution < -0.4 is 4.90 Å². The molecule has 0 spiro atoms. The summed E-state index contributed by atoms with van der Waals surface area (Å²) < 4.78 is 43.4. The third kappa shape index (κ3) is 4.86. The predicted octanol–water partition coefficient (Wildman–Crippen LogP) is 1.46. The van der Waals surface area contributed by atoms with Crippen molar-refractivity contribution in [2.45, 2.75) is 50.7 Å². The molecule has 150 valence electrons. The van der Waals surface area contributed by atoms with Gasteiger partial charge in [0, 0.05) is 38.6 Å². The summed E-state index contributed by atoms with van der Waals surface area (Å²) in [6, 6.07) is 0. The van der Waals surface area contributed by atoms with E-state index in [2.05, 4.69) is 9.97 Å². The van der Waals surface area contributed by atoms with Crippen molar-refractivity contribution < 1.29 is 27.8 Å². The molecule has 1 aromatic heterocycles. The number of piperazine rings is 1. The molecule has 2 aliphatic rings. The molecule has 2 saturated heterocycles. The van der Waals surface area contributed by atoms with Gasteiger partial charge in [-0.15, -0.1) is 0 Å². The van der Waals surface area contributed by atoms with Gasteiger partial charge in [0.2, 0.25) is 11.9 Å².